The van der Waals surface area contributed by atoms with Crippen molar-refractivity contribution in [1.29, 1.82) is 0 Å². The molecule has 0 saturated carbocycles. The highest BCUT2D eigenvalue weighted by atomic mass is 16.5. The van der Waals surface area contributed by atoms with Gasteiger partial charge in [0.25, 0.3) is 5.91 Å². The molecule has 1 aromatic carbocycles. The van der Waals surface area contributed by atoms with Crippen LogP contribution >= 0.6 is 0 Å². The second kappa shape index (κ2) is 5.88. The number of nitrogens with one attached hydrogen (secondary N) is 1. The van der Waals surface area contributed by atoms with E-state index in [1.807, 2.05) is 24.3 Å². The second-order valence-electron chi connectivity index (χ2n) is 5.72. The van der Waals surface area contributed by atoms with Gasteiger partial charge in [0.1, 0.15) is 5.75 Å². The fourth-order valence-electron chi connectivity index (χ4n) is 3.03. The Labute approximate surface area is 139 Å². The monoisotopic (exact) mass is 323 g/mol. The first-order valence-corrected chi connectivity index (χ1v) is 7.79. The lowest BCUT2D eigenvalue weighted by Gasteiger charge is -2.26. The number of carbonyl (C=O) groups is 1. The highest BCUT2D eigenvalue weighted by molar-refractivity contribution is 5.91. The number of benzene rings is 1. The van der Waals surface area contributed by atoms with Crippen molar-refractivity contribution in [3.8, 4) is 17.0 Å². The average Bonchev–Trinajstić information content (AvgIpc) is 3.30. The van der Waals surface area contributed by atoms with E-state index >= 15 is 0 Å². The van der Waals surface area contributed by atoms with Gasteiger partial charge >= 0.3 is 0 Å². The van der Waals surface area contributed by atoms with Crippen LogP contribution in [0.3, 0.4) is 0 Å². The van der Waals surface area contributed by atoms with Crippen LogP contribution in [0.4, 0.5) is 0 Å². The lowest BCUT2D eigenvalue weighted by Crippen LogP contribution is -2.35. The van der Waals surface area contributed by atoms with Gasteiger partial charge in [-0.05, 0) is 24.3 Å². The van der Waals surface area contributed by atoms with E-state index in [1.54, 1.807) is 24.1 Å². The third-order valence-electron chi connectivity index (χ3n) is 4.30. The third kappa shape index (κ3) is 2.46. The highest BCUT2D eigenvalue weighted by Crippen LogP contribution is 2.30. The Bertz CT molecular complexity index is 868. The van der Waals surface area contributed by atoms with E-state index in [0.29, 0.717) is 18.8 Å². The first-order chi connectivity index (χ1) is 11.8. The fraction of sp³-hybridized carbons (Fsp3) is 0.222. The first kappa shape index (κ1) is 14.6. The number of nitrogens with zero attached hydrogens (tertiary/aromatic N) is 2. The highest BCUT2D eigenvalue weighted by Gasteiger charge is 2.27. The van der Waals surface area contributed by atoms with Gasteiger partial charge in [0.2, 0.25) is 0 Å². The molecule has 0 saturated heterocycles. The molecular weight excluding hydrogens is 306 g/mol. The smallest absolute Gasteiger partial charge is 0.289 e. The summed E-state index contributed by atoms with van der Waals surface area (Å²) in [5.41, 5.74) is 3.96. The molecule has 1 aliphatic rings. The number of hydrogen-bond acceptors (Lipinski definition) is 4. The lowest BCUT2D eigenvalue weighted by atomic mass is 10.0. The van der Waals surface area contributed by atoms with Gasteiger partial charge in [0.05, 0.1) is 25.6 Å². The molecule has 0 fully saturated rings. The van der Waals surface area contributed by atoms with Crippen LogP contribution in [0.5, 0.6) is 5.75 Å². The van der Waals surface area contributed by atoms with Gasteiger partial charge in [-0.2, -0.15) is 5.10 Å². The van der Waals surface area contributed by atoms with Crippen LogP contribution in [0.25, 0.3) is 11.3 Å². The van der Waals surface area contributed by atoms with Crippen molar-refractivity contribution in [1.82, 2.24) is 15.1 Å². The Morgan fingerprint density at radius 3 is 3.04 bits per heavy atom. The van der Waals surface area contributed by atoms with Crippen molar-refractivity contribution >= 4 is 5.91 Å². The summed E-state index contributed by atoms with van der Waals surface area (Å²) in [6.45, 7) is 1.16. The molecule has 0 aliphatic carbocycles. The Balaban J connectivity index is 1.65. The molecule has 6 heteroatoms. The van der Waals surface area contributed by atoms with Crippen molar-refractivity contribution in [3.05, 3.63) is 59.7 Å². The van der Waals surface area contributed by atoms with Crippen molar-refractivity contribution < 1.29 is 13.9 Å². The largest absolute Gasteiger partial charge is 0.497 e. The number of amides is 1. The number of aromatic nitrogens is 2. The Morgan fingerprint density at radius 1 is 1.33 bits per heavy atom. The maximum Gasteiger partial charge on any atom is 0.289 e. The molecular formula is C18H17N3O3. The summed E-state index contributed by atoms with van der Waals surface area (Å²) in [5.74, 6) is 1.05. The van der Waals surface area contributed by atoms with Crippen molar-refractivity contribution in [2.75, 3.05) is 13.7 Å². The minimum atomic E-state index is -0.0940. The molecule has 24 heavy (non-hydrogen) atoms. The van der Waals surface area contributed by atoms with Gasteiger partial charge in [-0.3, -0.25) is 9.89 Å². The van der Waals surface area contributed by atoms with Gasteiger partial charge in [-0.15, -0.1) is 0 Å². The molecule has 0 atom stereocenters. The molecule has 0 spiro atoms. The Morgan fingerprint density at radius 2 is 2.25 bits per heavy atom. The molecule has 2 aromatic heterocycles. The van der Waals surface area contributed by atoms with Crippen LogP contribution in [-0.2, 0) is 13.0 Å². The number of rotatable bonds is 3. The third-order valence-corrected chi connectivity index (χ3v) is 4.30. The summed E-state index contributed by atoms with van der Waals surface area (Å²) in [6.07, 6.45) is 2.26. The normalized spacial score (nSPS) is 13.6. The minimum Gasteiger partial charge on any atom is -0.497 e. The van der Waals surface area contributed by atoms with Crippen LogP contribution in [-0.4, -0.2) is 34.7 Å². The van der Waals surface area contributed by atoms with Crippen LogP contribution in [0, 0.1) is 0 Å². The van der Waals surface area contributed by atoms with Crippen LogP contribution in [0.2, 0.25) is 0 Å². The molecule has 1 aliphatic heterocycles. The van der Waals surface area contributed by atoms with Gasteiger partial charge in [0.15, 0.2) is 5.76 Å². The summed E-state index contributed by atoms with van der Waals surface area (Å²) in [7, 11) is 1.64. The Hall–Kier alpha value is -3.02. The van der Waals surface area contributed by atoms with Crippen LogP contribution in [0.1, 0.15) is 21.8 Å². The summed E-state index contributed by atoms with van der Waals surface area (Å²) in [5, 5.41) is 7.56. The number of H-pyrrole nitrogens is 1. The fourth-order valence-corrected chi connectivity index (χ4v) is 3.03. The van der Waals surface area contributed by atoms with Crippen LogP contribution < -0.4 is 4.74 Å². The predicted octanol–water partition coefficient (Wildman–Crippen LogP) is 2.88. The summed E-state index contributed by atoms with van der Waals surface area (Å²) in [6, 6.07) is 11.2. The molecule has 0 unspecified atom stereocenters. The summed E-state index contributed by atoms with van der Waals surface area (Å²) < 4.78 is 10.5. The predicted molar refractivity (Wildman–Crippen MR) is 87.7 cm³/mol. The van der Waals surface area contributed by atoms with E-state index in [4.69, 9.17) is 9.15 Å². The van der Waals surface area contributed by atoms with Crippen molar-refractivity contribution in [2.24, 2.45) is 0 Å². The first-order valence-electron chi connectivity index (χ1n) is 7.79. The SMILES string of the molecule is COc1cccc(-c2n[nH]c3c2CN(C(=O)c2ccco2)CC3)c1. The lowest BCUT2D eigenvalue weighted by molar-refractivity contribution is 0.0702. The number of methoxy groups -OCH3 is 1. The molecule has 3 aromatic rings. The number of carbonyl (C=O) groups excluding carboxylic acids is 1. The zero-order chi connectivity index (χ0) is 16.5. The molecule has 0 radical (unpaired) electrons. The van der Waals surface area contributed by atoms with E-state index < -0.39 is 0 Å². The zero-order valence-corrected chi connectivity index (χ0v) is 13.3. The number of hydrogen-bond donors (Lipinski definition) is 1. The number of ether oxygens (including phenoxy) is 1. The number of furan rings is 1. The maximum absolute atomic E-state index is 12.5. The molecule has 1 amide bonds. The quantitative estimate of drug-likeness (QED) is 0.804. The maximum atomic E-state index is 12.5. The molecule has 6 nitrogen and oxygen atoms in total. The standard InChI is InChI=1S/C18H17N3O3/c1-23-13-5-2-4-12(10-13)17-14-11-21(8-7-15(14)19-20-17)18(22)16-6-3-9-24-16/h2-6,9-10H,7-8,11H2,1H3,(H,19,20). The van der Waals surface area contributed by atoms with E-state index in [9.17, 15) is 4.79 Å². The summed E-state index contributed by atoms with van der Waals surface area (Å²) in [4.78, 5) is 14.3. The summed E-state index contributed by atoms with van der Waals surface area (Å²) >= 11 is 0. The van der Waals surface area contributed by atoms with Crippen molar-refractivity contribution in [2.45, 2.75) is 13.0 Å². The van der Waals surface area contributed by atoms with E-state index in [2.05, 4.69) is 10.2 Å². The van der Waals surface area contributed by atoms with Gasteiger partial charge < -0.3 is 14.1 Å². The number of fused-ring (bicyclic) bond motifs is 1. The molecule has 1 N–H and O–H groups in total. The topological polar surface area (TPSA) is 71.4 Å². The molecule has 0 bridgehead atoms. The average molecular weight is 323 g/mol. The zero-order valence-electron chi connectivity index (χ0n) is 13.3. The van der Waals surface area contributed by atoms with E-state index in [1.165, 1.54) is 6.26 Å². The molecule has 122 valence electrons. The second-order valence-corrected chi connectivity index (χ2v) is 5.72. The van der Waals surface area contributed by atoms with Crippen LogP contribution in [0.15, 0.2) is 47.1 Å². The van der Waals surface area contributed by atoms with E-state index in [-0.39, 0.29) is 5.91 Å². The van der Waals surface area contributed by atoms with Gasteiger partial charge in [-0.25, -0.2) is 0 Å². The van der Waals surface area contributed by atoms with Gasteiger partial charge in [-0.1, -0.05) is 12.1 Å². The number of aromatic amines is 1. The minimum absolute atomic E-state index is 0.0940. The van der Waals surface area contributed by atoms with Crippen molar-refractivity contribution in [3.63, 3.8) is 0 Å². The Kier molecular flexibility index (Phi) is 3.57. The molecule has 4 rings (SSSR count). The van der Waals surface area contributed by atoms with E-state index in [0.717, 1.165) is 34.7 Å². The molecule has 3 heterocycles. The van der Waals surface area contributed by atoms with Gasteiger partial charge in [0, 0.05) is 29.8 Å².